The number of carbonyl (C=O) groups is 1. The van der Waals surface area contributed by atoms with Crippen molar-refractivity contribution < 1.29 is 19.7 Å². The molecule has 2 aliphatic heterocycles. The number of carbonyl (C=O) groups excluding carboxylic acids is 1. The maximum atomic E-state index is 10.7. The van der Waals surface area contributed by atoms with Crippen LogP contribution in [0.5, 0.6) is 11.8 Å². The summed E-state index contributed by atoms with van der Waals surface area (Å²) >= 11 is 5.24. The van der Waals surface area contributed by atoms with Gasteiger partial charge in [0.2, 0.25) is 17.0 Å². The smallest absolute Gasteiger partial charge is 0.223 e. The summed E-state index contributed by atoms with van der Waals surface area (Å²) in [7, 11) is 0. The van der Waals surface area contributed by atoms with E-state index in [0.29, 0.717) is 11.1 Å². The first-order chi connectivity index (χ1) is 8.09. The lowest BCUT2D eigenvalue weighted by Crippen LogP contribution is -2.02. The van der Waals surface area contributed by atoms with Crippen molar-refractivity contribution in [1.82, 2.24) is 4.57 Å². The Balaban J connectivity index is 2.00. The van der Waals surface area contributed by atoms with Crippen molar-refractivity contribution in [3.63, 3.8) is 0 Å². The maximum absolute atomic E-state index is 10.7. The monoisotopic (exact) mass is 255 g/mol. The second-order valence-corrected chi connectivity index (χ2v) is 4.52. The van der Waals surface area contributed by atoms with Crippen molar-refractivity contribution >= 4 is 16.8 Å². The lowest BCUT2D eigenvalue weighted by molar-refractivity contribution is -0.111. The maximum Gasteiger partial charge on any atom is 0.223 e. The highest BCUT2D eigenvalue weighted by Crippen LogP contribution is 2.54. The molecule has 2 atom stereocenters. The number of aromatic nitrogens is 1. The summed E-state index contributed by atoms with van der Waals surface area (Å²) in [5, 5.41) is 19.5. The van der Waals surface area contributed by atoms with Gasteiger partial charge in [-0.1, -0.05) is 12.2 Å². The van der Waals surface area contributed by atoms with Crippen LogP contribution in [0.1, 0.15) is 29.8 Å². The Morgan fingerprint density at radius 3 is 2.29 bits per heavy atom. The molecule has 0 aliphatic carbocycles. The van der Waals surface area contributed by atoms with Gasteiger partial charge < -0.3 is 14.9 Å². The van der Waals surface area contributed by atoms with Gasteiger partial charge in [-0.25, -0.2) is 0 Å². The van der Waals surface area contributed by atoms with Gasteiger partial charge in [0.25, 0.3) is 0 Å². The van der Waals surface area contributed by atoms with Gasteiger partial charge in [-0.15, -0.1) is 0 Å². The molecule has 0 fully saturated rings. The molecule has 5 nitrogen and oxygen atoms in total. The molecule has 0 aromatic carbocycles. The van der Waals surface area contributed by atoms with Gasteiger partial charge in [-0.05, 0) is 11.6 Å². The highest BCUT2D eigenvalue weighted by atomic mass is 35.5. The standard InChI is InChI=1S/C11H10ClNO4/c12-7(14)3-4-13-10(15)8-5-1-2-6(17-5)9(8)11(13)16/h1-2,5-6,15-16H,3-4H2. The van der Waals surface area contributed by atoms with Crippen LogP contribution < -0.4 is 0 Å². The topological polar surface area (TPSA) is 71.7 Å². The van der Waals surface area contributed by atoms with E-state index in [1.165, 1.54) is 4.57 Å². The van der Waals surface area contributed by atoms with Gasteiger partial charge in [0.05, 0.1) is 11.1 Å². The van der Waals surface area contributed by atoms with E-state index in [-0.39, 0.29) is 36.9 Å². The average molecular weight is 256 g/mol. The first-order valence-electron chi connectivity index (χ1n) is 5.26. The van der Waals surface area contributed by atoms with E-state index in [4.69, 9.17) is 16.3 Å². The fraction of sp³-hybridized carbons (Fsp3) is 0.364. The molecule has 0 saturated heterocycles. The predicted molar refractivity (Wildman–Crippen MR) is 58.9 cm³/mol. The van der Waals surface area contributed by atoms with Crippen LogP contribution in [0.2, 0.25) is 0 Å². The van der Waals surface area contributed by atoms with Crippen LogP contribution in [0.3, 0.4) is 0 Å². The Morgan fingerprint density at radius 2 is 1.82 bits per heavy atom. The van der Waals surface area contributed by atoms with E-state index < -0.39 is 5.24 Å². The number of halogens is 1. The summed E-state index contributed by atoms with van der Waals surface area (Å²) < 4.78 is 6.78. The molecular formula is C11H10ClNO4. The lowest BCUT2D eigenvalue weighted by Gasteiger charge is -2.08. The molecule has 2 aliphatic rings. The molecule has 1 aromatic heterocycles. The van der Waals surface area contributed by atoms with Crippen molar-refractivity contribution in [3.8, 4) is 11.8 Å². The van der Waals surface area contributed by atoms with Gasteiger partial charge >= 0.3 is 0 Å². The summed E-state index contributed by atoms with van der Waals surface area (Å²) in [6.45, 7) is 0.159. The molecule has 0 spiro atoms. The zero-order valence-electron chi connectivity index (χ0n) is 8.76. The Hall–Kier alpha value is -1.46. The molecule has 1 aromatic rings. The van der Waals surface area contributed by atoms with E-state index >= 15 is 0 Å². The van der Waals surface area contributed by atoms with Gasteiger partial charge in [0.15, 0.2) is 0 Å². The minimum absolute atomic E-state index is 0.0488. The molecule has 2 N–H and O–H groups in total. The van der Waals surface area contributed by atoms with Gasteiger partial charge in [-0.2, -0.15) is 0 Å². The van der Waals surface area contributed by atoms with E-state index in [9.17, 15) is 15.0 Å². The fourth-order valence-corrected chi connectivity index (χ4v) is 2.47. The number of ether oxygens (including phenoxy) is 1. The molecule has 90 valence electrons. The SMILES string of the molecule is O=C(Cl)CCn1c(O)c2c(c1O)C1C=CC2O1. The second kappa shape index (κ2) is 3.51. The molecule has 0 amide bonds. The number of aromatic hydroxyl groups is 2. The van der Waals surface area contributed by atoms with Gasteiger partial charge in [-0.3, -0.25) is 9.36 Å². The van der Waals surface area contributed by atoms with Crippen LogP contribution in [-0.4, -0.2) is 20.0 Å². The third-order valence-corrected chi connectivity index (χ3v) is 3.33. The van der Waals surface area contributed by atoms with Crippen LogP contribution >= 0.6 is 11.6 Å². The molecule has 0 saturated carbocycles. The molecule has 6 heteroatoms. The molecule has 3 heterocycles. The normalized spacial score (nSPS) is 24.3. The zero-order chi connectivity index (χ0) is 12.2. The third kappa shape index (κ3) is 1.39. The van der Waals surface area contributed by atoms with E-state index in [1.807, 2.05) is 12.2 Å². The Morgan fingerprint density at radius 1 is 1.29 bits per heavy atom. The van der Waals surface area contributed by atoms with Crippen LogP contribution in [0, 0.1) is 0 Å². The minimum Gasteiger partial charge on any atom is -0.494 e. The van der Waals surface area contributed by atoms with Crippen LogP contribution in [0.15, 0.2) is 12.2 Å². The summed E-state index contributed by atoms with van der Waals surface area (Å²) in [5.74, 6) is -0.0977. The highest BCUT2D eigenvalue weighted by Gasteiger charge is 2.42. The Labute approximate surface area is 102 Å². The first kappa shape index (κ1) is 10.7. The van der Waals surface area contributed by atoms with Crippen molar-refractivity contribution in [1.29, 1.82) is 0 Å². The molecular weight excluding hydrogens is 246 g/mol. The Kier molecular flexibility index (Phi) is 2.21. The zero-order valence-corrected chi connectivity index (χ0v) is 9.52. The van der Waals surface area contributed by atoms with E-state index in [2.05, 4.69) is 0 Å². The van der Waals surface area contributed by atoms with E-state index in [0.717, 1.165) is 0 Å². The quantitative estimate of drug-likeness (QED) is 0.637. The van der Waals surface area contributed by atoms with Crippen molar-refractivity contribution in [3.05, 3.63) is 23.3 Å². The molecule has 2 unspecified atom stereocenters. The van der Waals surface area contributed by atoms with Crippen LogP contribution in [-0.2, 0) is 16.1 Å². The van der Waals surface area contributed by atoms with Crippen molar-refractivity contribution in [2.24, 2.45) is 0 Å². The minimum atomic E-state index is -0.505. The Bertz CT molecular complexity index is 499. The number of nitrogens with zero attached hydrogens (tertiary/aromatic N) is 1. The number of rotatable bonds is 3. The number of hydrogen-bond acceptors (Lipinski definition) is 4. The summed E-state index contributed by atoms with van der Waals surface area (Å²) in [5.41, 5.74) is 1.19. The number of hydrogen-bond donors (Lipinski definition) is 2. The summed E-state index contributed by atoms with van der Waals surface area (Å²) in [6.07, 6.45) is 3.13. The van der Waals surface area contributed by atoms with E-state index in [1.54, 1.807) is 0 Å². The summed E-state index contributed by atoms with van der Waals surface area (Å²) in [6, 6.07) is 0. The second-order valence-electron chi connectivity index (χ2n) is 4.09. The summed E-state index contributed by atoms with van der Waals surface area (Å²) in [4.78, 5) is 10.7. The fourth-order valence-electron chi connectivity index (χ4n) is 2.38. The molecule has 2 bridgehead atoms. The predicted octanol–water partition coefficient (Wildman–Crippen LogP) is 1.74. The average Bonchev–Trinajstić information content (AvgIpc) is 2.92. The molecule has 3 rings (SSSR count). The largest absolute Gasteiger partial charge is 0.494 e. The van der Waals surface area contributed by atoms with Crippen molar-refractivity contribution in [2.75, 3.05) is 0 Å². The molecule has 17 heavy (non-hydrogen) atoms. The first-order valence-corrected chi connectivity index (χ1v) is 5.63. The third-order valence-electron chi connectivity index (χ3n) is 3.14. The van der Waals surface area contributed by atoms with Crippen molar-refractivity contribution in [2.45, 2.75) is 25.2 Å². The molecule has 0 radical (unpaired) electrons. The van der Waals surface area contributed by atoms with Crippen LogP contribution in [0.25, 0.3) is 0 Å². The van der Waals surface area contributed by atoms with Gasteiger partial charge in [0, 0.05) is 13.0 Å². The van der Waals surface area contributed by atoms with Gasteiger partial charge in [0.1, 0.15) is 12.2 Å². The highest BCUT2D eigenvalue weighted by molar-refractivity contribution is 6.63. The van der Waals surface area contributed by atoms with Crippen LogP contribution in [0.4, 0.5) is 0 Å². The number of fused-ring (bicyclic) bond motifs is 5. The lowest BCUT2D eigenvalue weighted by atomic mass is 10.0.